The summed E-state index contributed by atoms with van der Waals surface area (Å²) in [4.78, 5) is 19.6. The average Bonchev–Trinajstić information content (AvgIpc) is 2.56. The molecule has 0 bridgehead atoms. The minimum atomic E-state index is 0. The Labute approximate surface area is 149 Å². The lowest BCUT2D eigenvalue weighted by Gasteiger charge is -2.34. The van der Waals surface area contributed by atoms with E-state index in [-0.39, 0.29) is 18.0 Å². The Morgan fingerprint density at radius 3 is 2.83 bits per heavy atom. The van der Waals surface area contributed by atoms with Crippen LogP contribution in [-0.2, 0) is 6.54 Å². The number of piperidine rings is 1. The standard InChI is InChI=1S/C18H26N4O.ClH/c1-3-10-21(16-6-8-19-9-7-16)13-15-12-17(23)22-11-4-5-14(2)18(22)20-15;/h4-5,11-12,16,19H,3,6-10,13H2,1-2H3;1H. The summed E-state index contributed by atoms with van der Waals surface area (Å²) in [5.41, 5.74) is 2.71. The van der Waals surface area contributed by atoms with Gasteiger partial charge in [-0.3, -0.25) is 14.1 Å². The SMILES string of the molecule is CCCN(Cc1cc(=O)n2cccc(C)c2n1)C1CCNCC1.Cl. The molecule has 0 spiro atoms. The highest BCUT2D eigenvalue weighted by Crippen LogP contribution is 2.16. The van der Waals surface area contributed by atoms with Gasteiger partial charge in [-0.15, -0.1) is 12.4 Å². The van der Waals surface area contributed by atoms with Crippen molar-refractivity contribution in [2.75, 3.05) is 19.6 Å². The summed E-state index contributed by atoms with van der Waals surface area (Å²) in [6.45, 7) is 8.19. The van der Waals surface area contributed by atoms with E-state index < -0.39 is 0 Å². The van der Waals surface area contributed by atoms with Crippen molar-refractivity contribution >= 4 is 18.1 Å². The van der Waals surface area contributed by atoms with Crippen LogP contribution in [0.2, 0.25) is 0 Å². The molecular weight excluding hydrogens is 324 g/mol. The lowest BCUT2D eigenvalue weighted by atomic mass is 10.0. The van der Waals surface area contributed by atoms with Crippen LogP contribution in [0, 0.1) is 6.92 Å². The van der Waals surface area contributed by atoms with E-state index in [9.17, 15) is 4.79 Å². The summed E-state index contributed by atoms with van der Waals surface area (Å²) in [5, 5.41) is 3.42. The molecule has 1 aliphatic rings. The largest absolute Gasteiger partial charge is 0.317 e. The number of aromatic nitrogens is 2. The molecule has 0 unspecified atom stereocenters. The Kier molecular flexibility index (Phi) is 6.78. The van der Waals surface area contributed by atoms with Crippen molar-refractivity contribution in [1.29, 1.82) is 0 Å². The lowest BCUT2D eigenvalue weighted by Crippen LogP contribution is -2.43. The van der Waals surface area contributed by atoms with E-state index in [1.807, 2.05) is 19.1 Å². The first-order chi connectivity index (χ1) is 11.2. The highest BCUT2D eigenvalue weighted by Gasteiger charge is 2.21. The van der Waals surface area contributed by atoms with E-state index in [0.717, 1.165) is 49.5 Å². The van der Waals surface area contributed by atoms with Crippen molar-refractivity contribution < 1.29 is 0 Å². The predicted molar refractivity (Wildman–Crippen MR) is 100 cm³/mol. The summed E-state index contributed by atoms with van der Waals surface area (Å²) in [6, 6.07) is 6.18. The van der Waals surface area contributed by atoms with Gasteiger partial charge >= 0.3 is 0 Å². The van der Waals surface area contributed by atoms with Crippen LogP contribution in [0.5, 0.6) is 0 Å². The van der Waals surface area contributed by atoms with Gasteiger partial charge in [0.15, 0.2) is 0 Å². The van der Waals surface area contributed by atoms with Crippen LogP contribution in [0.1, 0.15) is 37.4 Å². The van der Waals surface area contributed by atoms with Gasteiger partial charge in [0.05, 0.1) is 5.69 Å². The van der Waals surface area contributed by atoms with Gasteiger partial charge in [-0.25, -0.2) is 4.98 Å². The maximum atomic E-state index is 12.4. The number of nitrogens with zero attached hydrogens (tertiary/aromatic N) is 3. The van der Waals surface area contributed by atoms with Gasteiger partial charge in [0.25, 0.3) is 5.56 Å². The summed E-state index contributed by atoms with van der Waals surface area (Å²) in [6.07, 6.45) is 5.25. The van der Waals surface area contributed by atoms with Gasteiger partial charge < -0.3 is 5.32 Å². The van der Waals surface area contributed by atoms with Crippen LogP contribution in [0.25, 0.3) is 5.65 Å². The fraction of sp³-hybridized carbons (Fsp3) is 0.556. The monoisotopic (exact) mass is 350 g/mol. The second-order valence-electron chi connectivity index (χ2n) is 6.42. The van der Waals surface area contributed by atoms with Crippen LogP contribution < -0.4 is 10.9 Å². The number of pyridine rings is 1. The zero-order chi connectivity index (χ0) is 16.2. The van der Waals surface area contributed by atoms with Gasteiger partial charge in [-0.2, -0.15) is 0 Å². The first-order valence-electron chi connectivity index (χ1n) is 8.61. The summed E-state index contributed by atoms with van der Waals surface area (Å²) in [7, 11) is 0. The highest BCUT2D eigenvalue weighted by molar-refractivity contribution is 5.85. The van der Waals surface area contributed by atoms with Crippen LogP contribution >= 0.6 is 12.4 Å². The quantitative estimate of drug-likeness (QED) is 0.899. The smallest absolute Gasteiger partial charge is 0.258 e. The van der Waals surface area contributed by atoms with E-state index in [1.54, 1.807) is 16.7 Å². The second kappa shape index (κ2) is 8.60. The molecule has 2 aromatic rings. The maximum absolute atomic E-state index is 12.4. The Bertz CT molecular complexity index is 725. The molecular formula is C18H27ClN4O. The fourth-order valence-corrected chi connectivity index (χ4v) is 3.45. The molecule has 132 valence electrons. The molecule has 0 aliphatic carbocycles. The Morgan fingerprint density at radius 1 is 1.38 bits per heavy atom. The zero-order valence-corrected chi connectivity index (χ0v) is 15.3. The molecule has 0 radical (unpaired) electrons. The van der Waals surface area contributed by atoms with Crippen LogP contribution in [0.3, 0.4) is 0 Å². The van der Waals surface area contributed by atoms with Crippen LogP contribution in [0.15, 0.2) is 29.2 Å². The number of halogens is 1. The first kappa shape index (κ1) is 18.9. The van der Waals surface area contributed by atoms with Crippen molar-refractivity contribution in [2.45, 2.75) is 45.7 Å². The average molecular weight is 351 g/mol. The number of hydrogen-bond donors (Lipinski definition) is 1. The molecule has 3 rings (SSSR count). The van der Waals surface area contributed by atoms with Gasteiger partial charge in [0.2, 0.25) is 0 Å². The van der Waals surface area contributed by atoms with Crippen LogP contribution in [-0.4, -0.2) is 40.0 Å². The van der Waals surface area contributed by atoms with E-state index in [4.69, 9.17) is 4.98 Å². The summed E-state index contributed by atoms with van der Waals surface area (Å²) < 4.78 is 1.63. The molecule has 0 saturated carbocycles. The lowest BCUT2D eigenvalue weighted by molar-refractivity contribution is 0.152. The van der Waals surface area contributed by atoms with Crippen molar-refractivity contribution in [3.8, 4) is 0 Å². The molecule has 1 saturated heterocycles. The molecule has 24 heavy (non-hydrogen) atoms. The van der Waals surface area contributed by atoms with Crippen molar-refractivity contribution in [3.05, 3.63) is 46.0 Å². The van der Waals surface area contributed by atoms with Crippen molar-refractivity contribution in [1.82, 2.24) is 19.6 Å². The Hall–Kier alpha value is -1.43. The zero-order valence-electron chi connectivity index (χ0n) is 14.5. The van der Waals surface area contributed by atoms with Gasteiger partial charge in [0, 0.05) is 24.8 Å². The van der Waals surface area contributed by atoms with E-state index in [1.165, 1.54) is 12.8 Å². The first-order valence-corrected chi connectivity index (χ1v) is 8.61. The topological polar surface area (TPSA) is 49.6 Å². The highest BCUT2D eigenvalue weighted by atomic mass is 35.5. The molecule has 1 fully saturated rings. The fourth-order valence-electron chi connectivity index (χ4n) is 3.45. The van der Waals surface area contributed by atoms with Crippen molar-refractivity contribution in [3.63, 3.8) is 0 Å². The molecule has 1 N–H and O–H groups in total. The summed E-state index contributed by atoms with van der Waals surface area (Å²) in [5.74, 6) is 0. The Morgan fingerprint density at radius 2 is 2.12 bits per heavy atom. The minimum absolute atomic E-state index is 0. The number of hydrogen-bond acceptors (Lipinski definition) is 4. The molecule has 1 aliphatic heterocycles. The third kappa shape index (κ3) is 4.15. The third-order valence-corrected chi connectivity index (χ3v) is 4.64. The third-order valence-electron chi connectivity index (χ3n) is 4.64. The molecule has 5 nitrogen and oxygen atoms in total. The minimum Gasteiger partial charge on any atom is -0.317 e. The molecule has 3 heterocycles. The number of rotatable bonds is 5. The van der Waals surface area contributed by atoms with Gasteiger partial charge in [0.1, 0.15) is 5.65 Å². The second-order valence-corrected chi connectivity index (χ2v) is 6.42. The molecule has 0 atom stereocenters. The van der Waals surface area contributed by atoms with E-state index in [2.05, 4.69) is 17.1 Å². The number of nitrogens with one attached hydrogen (secondary N) is 1. The molecule has 6 heteroatoms. The number of aryl methyl sites for hydroxylation is 1. The van der Waals surface area contributed by atoms with Gasteiger partial charge in [-0.1, -0.05) is 13.0 Å². The van der Waals surface area contributed by atoms with E-state index in [0.29, 0.717) is 6.04 Å². The Balaban J connectivity index is 0.00000208. The molecule has 2 aromatic heterocycles. The molecule has 0 amide bonds. The number of fused-ring (bicyclic) bond motifs is 1. The predicted octanol–water partition coefficient (Wildman–Crippen LogP) is 2.39. The van der Waals surface area contributed by atoms with Crippen molar-refractivity contribution in [2.24, 2.45) is 0 Å². The normalized spacial score (nSPS) is 15.6. The van der Waals surface area contributed by atoms with Crippen LogP contribution in [0.4, 0.5) is 0 Å². The maximum Gasteiger partial charge on any atom is 0.258 e. The summed E-state index contributed by atoms with van der Waals surface area (Å²) >= 11 is 0. The van der Waals surface area contributed by atoms with E-state index >= 15 is 0 Å². The van der Waals surface area contributed by atoms with Gasteiger partial charge in [-0.05, 0) is 57.5 Å². The molecule has 0 aromatic carbocycles.